The van der Waals surface area contributed by atoms with E-state index in [-0.39, 0.29) is 0 Å². The summed E-state index contributed by atoms with van der Waals surface area (Å²) in [6.07, 6.45) is 5.23. The second-order valence-electron chi connectivity index (χ2n) is 4.83. The molecule has 1 aromatic carbocycles. The molecule has 2 unspecified atom stereocenters. The van der Waals surface area contributed by atoms with Crippen LogP contribution in [0.1, 0.15) is 19.3 Å². The number of nitrogens with one attached hydrogen (secondary N) is 1. The molecule has 2 aromatic rings. The minimum absolute atomic E-state index is 0.372. The van der Waals surface area contributed by atoms with Crippen molar-refractivity contribution in [2.45, 2.75) is 31.3 Å². The zero-order valence-corrected chi connectivity index (χ0v) is 11.0. The monoisotopic (exact) mass is 259 g/mol. The zero-order chi connectivity index (χ0) is 12.4. The van der Waals surface area contributed by atoms with Gasteiger partial charge in [-0.1, -0.05) is 0 Å². The number of aromatic nitrogens is 1. The van der Waals surface area contributed by atoms with Crippen molar-refractivity contribution in [2.75, 3.05) is 5.32 Å². The number of nitrogens with two attached hydrogens (primary N) is 1. The highest BCUT2D eigenvalue weighted by molar-refractivity contribution is 7.13. The van der Waals surface area contributed by atoms with Gasteiger partial charge in [-0.2, -0.15) is 0 Å². The summed E-state index contributed by atoms with van der Waals surface area (Å²) in [4.78, 5) is 4.31. The first kappa shape index (κ1) is 11.7. The van der Waals surface area contributed by atoms with Crippen LogP contribution in [0.2, 0.25) is 0 Å². The Bertz CT molecular complexity index is 492. The van der Waals surface area contributed by atoms with E-state index >= 15 is 0 Å². The smallest absolute Gasteiger partial charge is 0.123 e. The van der Waals surface area contributed by atoms with Gasteiger partial charge >= 0.3 is 0 Å². The second-order valence-corrected chi connectivity index (χ2v) is 5.72. The number of nitrogens with zero attached hydrogens (tertiary/aromatic N) is 1. The van der Waals surface area contributed by atoms with Gasteiger partial charge in [-0.3, -0.25) is 0 Å². The highest BCUT2D eigenvalue weighted by Crippen LogP contribution is 2.25. The van der Waals surface area contributed by atoms with E-state index in [0.29, 0.717) is 12.1 Å². The quantitative estimate of drug-likeness (QED) is 0.890. The van der Waals surface area contributed by atoms with Crippen molar-refractivity contribution in [3.05, 3.63) is 35.8 Å². The molecule has 2 atom stereocenters. The summed E-state index contributed by atoms with van der Waals surface area (Å²) in [7, 11) is 0. The Morgan fingerprint density at radius 2 is 2.06 bits per heavy atom. The number of hydrogen-bond acceptors (Lipinski definition) is 4. The van der Waals surface area contributed by atoms with Gasteiger partial charge in [-0.15, -0.1) is 11.3 Å². The van der Waals surface area contributed by atoms with Gasteiger partial charge in [-0.05, 0) is 43.5 Å². The minimum atomic E-state index is 0.372. The van der Waals surface area contributed by atoms with Crippen LogP contribution >= 0.6 is 11.3 Å². The standard InChI is InChI=1S/C14H17N3S/c15-11-3-6-13(9-11)17-12-4-1-10(2-5-12)14-16-7-8-18-14/h1-2,4-5,7-8,11,13,17H,3,6,9,15H2. The molecule has 1 aliphatic carbocycles. The lowest BCUT2D eigenvalue weighted by Gasteiger charge is -2.14. The molecule has 3 rings (SSSR count). The van der Waals surface area contributed by atoms with Gasteiger partial charge in [0.25, 0.3) is 0 Å². The van der Waals surface area contributed by atoms with Crippen LogP contribution in [0.4, 0.5) is 5.69 Å². The molecule has 1 heterocycles. The zero-order valence-electron chi connectivity index (χ0n) is 10.2. The van der Waals surface area contributed by atoms with E-state index in [0.717, 1.165) is 17.8 Å². The van der Waals surface area contributed by atoms with Gasteiger partial charge < -0.3 is 11.1 Å². The highest BCUT2D eigenvalue weighted by Gasteiger charge is 2.21. The first-order valence-electron chi connectivity index (χ1n) is 6.33. The summed E-state index contributed by atoms with van der Waals surface area (Å²) in [5, 5.41) is 6.62. The maximum Gasteiger partial charge on any atom is 0.123 e. The Hall–Kier alpha value is -1.39. The van der Waals surface area contributed by atoms with E-state index in [4.69, 9.17) is 5.73 Å². The van der Waals surface area contributed by atoms with Crippen molar-refractivity contribution in [1.29, 1.82) is 0 Å². The summed E-state index contributed by atoms with van der Waals surface area (Å²) in [6, 6.07) is 9.40. The molecule has 1 aromatic heterocycles. The minimum Gasteiger partial charge on any atom is -0.382 e. The first-order valence-corrected chi connectivity index (χ1v) is 7.21. The van der Waals surface area contributed by atoms with Crippen LogP contribution < -0.4 is 11.1 Å². The van der Waals surface area contributed by atoms with E-state index in [1.807, 2.05) is 11.6 Å². The molecular formula is C14H17N3S. The van der Waals surface area contributed by atoms with Crippen LogP contribution in [-0.2, 0) is 0 Å². The van der Waals surface area contributed by atoms with Crippen molar-refractivity contribution in [3.8, 4) is 10.6 Å². The van der Waals surface area contributed by atoms with Crippen LogP contribution in [0.3, 0.4) is 0 Å². The van der Waals surface area contributed by atoms with Gasteiger partial charge in [0, 0.05) is 34.9 Å². The average Bonchev–Trinajstić information content (AvgIpc) is 3.02. The topological polar surface area (TPSA) is 50.9 Å². The fraction of sp³-hybridized carbons (Fsp3) is 0.357. The fourth-order valence-corrected chi connectivity index (χ4v) is 3.10. The molecular weight excluding hydrogens is 242 g/mol. The molecule has 1 saturated carbocycles. The van der Waals surface area contributed by atoms with E-state index < -0.39 is 0 Å². The Morgan fingerprint density at radius 3 is 2.67 bits per heavy atom. The van der Waals surface area contributed by atoms with Gasteiger partial charge in [0.05, 0.1) is 0 Å². The van der Waals surface area contributed by atoms with Crippen LogP contribution in [0.25, 0.3) is 10.6 Å². The molecule has 0 radical (unpaired) electrons. The molecule has 4 heteroatoms. The summed E-state index contributed by atoms with van der Waals surface area (Å²) >= 11 is 1.67. The van der Waals surface area contributed by atoms with Crippen molar-refractivity contribution in [2.24, 2.45) is 5.73 Å². The fourth-order valence-electron chi connectivity index (χ4n) is 2.46. The Balaban J connectivity index is 1.68. The molecule has 1 fully saturated rings. The summed E-state index contributed by atoms with van der Waals surface area (Å²) in [5.41, 5.74) is 8.27. The van der Waals surface area contributed by atoms with E-state index in [9.17, 15) is 0 Å². The first-order chi connectivity index (χ1) is 8.81. The third-order valence-corrected chi connectivity index (χ3v) is 4.23. The average molecular weight is 259 g/mol. The number of benzene rings is 1. The van der Waals surface area contributed by atoms with Crippen molar-refractivity contribution < 1.29 is 0 Å². The molecule has 0 saturated heterocycles. The lowest BCUT2D eigenvalue weighted by Crippen LogP contribution is -2.20. The number of anilines is 1. The van der Waals surface area contributed by atoms with E-state index in [1.54, 1.807) is 11.3 Å². The number of rotatable bonds is 3. The summed E-state index contributed by atoms with van der Waals surface area (Å²) in [5.74, 6) is 0. The predicted molar refractivity (Wildman–Crippen MR) is 76.8 cm³/mol. The van der Waals surface area contributed by atoms with Gasteiger partial charge in [0.1, 0.15) is 5.01 Å². The lowest BCUT2D eigenvalue weighted by molar-refractivity contribution is 0.688. The summed E-state index contributed by atoms with van der Waals surface area (Å²) < 4.78 is 0. The third kappa shape index (κ3) is 2.54. The molecule has 0 bridgehead atoms. The number of thiazole rings is 1. The number of hydrogen-bond donors (Lipinski definition) is 2. The molecule has 1 aliphatic rings. The van der Waals surface area contributed by atoms with E-state index in [1.165, 1.54) is 17.7 Å². The second kappa shape index (κ2) is 5.08. The van der Waals surface area contributed by atoms with Gasteiger partial charge in [0.15, 0.2) is 0 Å². The third-order valence-electron chi connectivity index (χ3n) is 3.41. The van der Waals surface area contributed by atoms with Crippen molar-refractivity contribution in [1.82, 2.24) is 4.98 Å². The Labute approximate surface area is 111 Å². The molecule has 3 nitrogen and oxygen atoms in total. The predicted octanol–water partition coefficient (Wildman–Crippen LogP) is 3.10. The molecule has 3 N–H and O–H groups in total. The SMILES string of the molecule is NC1CCC(Nc2ccc(-c3nccs3)cc2)C1. The lowest BCUT2D eigenvalue weighted by atomic mass is 10.2. The largest absolute Gasteiger partial charge is 0.382 e. The van der Waals surface area contributed by atoms with E-state index in [2.05, 4.69) is 34.6 Å². The van der Waals surface area contributed by atoms with Crippen LogP contribution in [0, 0.1) is 0 Å². The van der Waals surface area contributed by atoms with Crippen molar-refractivity contribution in [3.63, 3.8) is 0 Å². The molecule has 0 spiro atoms. The molecule has 0 aliphatic heterocycles. The normalized spacial score (nSPS) is 23.2. The molecule has 0 amide bonds. The molecule has 18 heavy (non-hydrogen) atoms. The maximum atomic E-state index is 5.92. The van der Waals surface area contributed by atoms with Crippen LogP contribution in [0.5, 0.6) is 0 Å². The van der Waals surface area contributed by atoms with Crippen molar-refractivity contribution >= 4 is 17.0 Å². The molecule has 94 valence electrons. The summed E-state index contributed by atoms with van der Waals surface area (Å²) in [6.45, 7) is 0. The van der Waals surface area contributed by atoms with Gasteiger partial charge in [0.2, 0.25) is 0 Å². The highest BCUT2D eigenvalue weighted by atomic mass is 32.1. The van der Waals surface area contributed by atoms with Crippen LogP contribution in [0.15, 0.2) is 35.8 Å². The van der Waals surface area contributed by atoms with Gasteiger partial charge in [-0.25, -0.2) is 4.98 Å². The Kier molecular flexibility index (Phi) is 3.30. The van der Waals surface area contributed by atoms with Crippen LogP contribution in [-0.4, -0.2) is 17.1 Å². The maximum absolute atomic E-state index is 5.92. The Morgan fingerprint density at radius 1 is 1.22 bits per heavy atom.